The Balaban J connectivity index is 1.07. The number of nitrogens with one attached hydrogen (secondary N) is 2. The van der Waals surface area contributed by atoms with Crippen molar-refractivity contribution in [2.45, 2.75) is 19.4 Å². The molecule has 15 nitrogen and oxygen atoms in total. The Bertz CT molecular complexity index is 1440. The van der Waals surface area contributed by atoms with Gasteiger partial charge in [-0.2, -0.15) is 0 Å². The van der Waals surface area contributed by atoms with Gasteiger partial charge in [-0.3, -0.25) is 14.4 Å². The Kier molecular flexibility index (Phi) is 21.3. The quantitative estimate of drug-likeness (QED) is 0.0842. The number of para-hydroxylation sites is 1. The molecule has 0 radical (unpaired) electrons. The van der Waals surface area contributed by atoms with Crippen molar-refractivity contribution in [3.63, 3.8) is 0 Å². The van der Waals surface area contributed by atoms with Gasteiger partial charge in [-0.05, 0) is 23.8 Å². The fraction of sp³-hybridized carbons (Fsp3) is 0.514. The van der Waals surface area contributed by atoms with Crippen molar-refractivity contribution in [1.29, 1.82) is 0 Å². The van der Waals surface area contributed by atoms with E-state index in [-0.39, 0.29) is 37.8 Å². The minimum Gasteiger partial charge on any atom is -0.480 e. The van der Waals surface area contributed by atoms with E-state index in [1.807, 2.05) is 48.5 Å². The van der Waals surface area contributed by atoms with Crippen LogP contribution in [-0.2, 0) is 58.9 Å². The molecule has 52 heavy (non-hydrogen) atoms. The second-order valence-corrected chi connectivity index (χ2v) is 11.2. The summed E-state index contributed by atoms with van der Waals surface area (Å²) in [5.41, 5.74) is 3.37. The normalized spacial score (nSPS) is 11.7. The summed E-state index contributed by atoms with van der Waals surface area (Å²) in [6.07, 6.45) is 0.153. The molecule has 1 heterocycles. The largest absolute Gasteiger partial charge is 0.480 e. The van der Waals surface area contributed by atoms with Crippen LogP contribution in [0.2, 0.25) is 0 Å². The molecule has 3 N–H and O–H groups in total. The first kappa shape index (κ1) is 42.0. The molecule has 0 spiro atoms. The molecule has 0 saturated carbocycles. The minimum absolute atomic E-state index is 0.0752. The van der Waals surface area contributed by atoms with Gasteiger partial charge in [0.15, 0.2) is 0 Å². The van der Waals surface area contributed by atoms with Crippen LogP contribution in [0, 0.1) is 11.8 Å². The number of rotatable bonds is 28. The van der Waals surface area contributed by atoms with E-state index in [2.05, 4.69) is 27.2 Å². The third-order valence-electron chi connectivity index (χ3n) is 7.20. The molecule has 0 aliphatic carbocycles. The van der Waals surface area contributed by atoms with Crippen molar-refractivity contribution in [2.24, 2.45) is 0 Å². The van der Waals surface area contributed by atoms with Gasteiger partial charge in [-0.1, -0.05) is 42.2 Å². The number of hydrogen-bond donors (Lipinski definition) is 3. The van der Waals surface area contributed by atoms with Gasteiger partial charge < -0.3 is 53.8 Å². The standard InChI is InChI=1S/C37H49N3O12/c41-34(11-12-36(43)40-27-32-7-2-1-5-30(32)9-10-31-6-3-4-8-33(31)40)38-13-15-46-17-19-48-21-23-50-25-26-51-24-22-49-20-18-47-16-14-39-35(42)28-52-29-37(44)45/h1-8H,11-29H2,(H,38,41)(H,39,42)(H,44,45). The van der Waals surface area contributed by atoms with Crippen molar-refractivity contribution >= 4 is 29.4 Å². The van der Waals surface area contributed by atoms with E-state index in [0.29, 0.717) is 92.4 Å². The summed E-state index contributed by atoms with van der Waals surface area (Å²) in [4.78, 5) is 49.1. The van der Waals surface area contributed by atoms with Crippen LogP contribution in [0.1, 0.15) is 29.5 Å². The number of hydrogen-bond acceptors (Lipinski definition) is 11. The van der Waals surface area contributed by atoms with E-state index in [4.69, 9.17) is 33.5 Å². The maximum atomic E-state index is 13.3. The number of carboxylic acid groups (broad SMARTS) is 1. The van der Waals surface area contributed by atoms with Gasteiger partial charge in [-0.15, -0.1) is 0 Å². The van der Waals surface area contributed by atoms with Crippen LogP contribution in [0.3, 0.4) is 0 Å². The first-order valence-corrected chi connectivity index (χ1v) is 17.2. The molecule has 1 aliphatic rings. The SMILES string of the molecule is O=C(O)COCC(=O)NCCOCCOCCOCCOCCOCCOCCNC(=O)CCC(=O)N1Cc2ccccc2C#Cc2ccccc21. The third-order valence-corrected chi connectivity index (χ3v) is 7.20. The maximum Gasteiger partial charge on any atom is 0.329 e. The molecule has 0 aromatic heterocycles. The van der Waals surface area contributed by atoms with E-state index in [9.17, 15) is 19.2 Å². The van der Waals surface area contributed by atoms with Crippen LogP contribution in [0.15, 0.2) is 48.5 Å². The zero-order valence-electron chi connectivity index (χ0n) is 29.4. The highest BCUT2D eigenvalue weighted by Gasteiger charge is 2.21. The lowest BCUT2D eigenvalue weighted by Crippen LogP contribution is -2.34. The Morgan fingerprint density at radius 1 is 0.577 bits per heavy atom. The van der Waals surface area contributed by atoms with Gasteiger partial charge in [0, 0.05) is 37.1 Å². The van der Waals surface area contributed by atoms with Gasteiger partial charge in [0.25, 0.3) is 0 Å². The Hall–Kier alpha value is -4.40. The monoisotopic (exact) mass is 727 g/mol. The fourth-order valence-electron chi connectivity index (χ4n) is 4.66. The maximum absolute atomic E-state index is 13.3. The van der Waals surface area contributed by atoms with E-state index < -0.39 is 18.5 Å². The van der Waals surface area contributed by atoms with Crippen molar-refractivity contribution in [1.82, 2.24) is 10.6 Å². The number of fused-ring (bicyclic) bond motifs is 2. The third kappa shape index (κ3) is 18.2. The topological polar surface area (TPSA) is 180 Å². The molecule has 0 fully saturated rings. The fourth-order valence-corrected chi connectivity index (χ4v) is 4.66. The van der Waals surface area contributed by atoms with Gasteiger partial charge in [0.1, 0.15) is 13.2 Å². The van der Waals surface area contributed by atoms with Crippen LogP contribution in [0.4, 0.5) is 5.69 Å². The molecule has 0 saturated heterocycles. The molecule has 3 rings (SSSR count). The number of ether oxygens (including phenoxy) is 7. The number of carbonyl (C=O) groups is 4. The number of nitrogens with zero attached hydrogens (tertiary/aromatic N) is 1. The van der Waals surface area contributed by atoms with Gasteiger partial charge >= 0.3 is 5.97 Å². The van der Waals surface area contributed by atoms with E-state index in [1.54, 1.807) is 4.90 Å². The smallest absolute Gasteiger partial charge is 0.329 e. The molecular formula is C37H49N3O12. The van der Waals surface area contributed by atoms with Crippen molar-refractivity contribution < 1.29 is 57.4 Å². The van der Waals surface area contributed by atoms with E-state index >= 15 is 0 Å². The number of carboxylic acids is 1. The Labute approximate surface area is 304 Å². The van der Waals surface area contributed by atoms with Crippen LogP contribution < -0.4 is 15.5 Å². The lowest BCUT2D eigenvalue weighted by atomic mass is 10.0. The summed E-state index contributed by atoms with van der Waals surface area (Å²) in [6.45, 7) is 4.85. The zero-order valence-corrected chi connectivity index (χ0v) is 29.4. The molecule has 2 aromatic carbocycles. The highest BCUT2D eigenvalue weighted by molar-refractivity contribution is 5.96. The van der Waals surface area contributed by atoms with E-state index in [1.165, 1.54) is 0 Å². The van der Waals surface area contributed by atoms with Crippen LogP contribution in [0.5, 0.6) is 0 Å². The first-order valence-electron chi connectivity index (χ1n) is 17.2. The zero-order chi connectivity index (χ0) is 37.1. The molecule has 284 valence electrons. The summed E-state index contributed by atoms with van der Waals surface area (Å²) in [7, 11) is 0. The molecule has 3 amide bonds. The van der Waals surface area contributed by atoms with Gasteiger partial charge in [0.2, 0.25) is 17.7 Å². The van der Waals surface area contributed by atoms with Crippen LogP contribution in [-0.4, -0.2) is 134 Å². The van der Waals surface area contributed by atoms with Gasteiger partial charge in [0.05, 0.1) is 91.5 Å². The van der Waals surface area contributed by atoms with E-state index in [0.717, 1.165) is 22.4 Å². The molecule has 0 bridgehead atoms. The Morgan fingerprint density at radius 3 is 1.63 bits per heavy atom. The molecule has 0 atom stereocenters. The van der Waals surface area contributed by atoms with Crippen molar-refractivity contribution in [3.05, 3.63) is 65.2 Å². The molecule has 2 aromatic rings. The highest BCUT2D eigenvalue weighted by Crippen LogP contribution is 2.26. The number of benzene rings is 2. The van der Waals surface area contributed by atoms with Gasteiger partial charge in [-0.25, -0.2) is 4.79 Å². The van der Waals surface area contributed by atoms with Crippen molar-refractivity contribution in [3.8, 4) is 11.8 Å². The number of aliphatic carboxylic acids is 1. The summed E-state index contributed by atoms with van der Waals surface area (Å²) < 4.78 is 37.3. The average Bonchev–Trinajstić information content (AvgIpc) is 3.13. The number of amides is 3. The molecule has 15 heteroatoms. The molecule has 1 aliphatic heterocycles. The lowest BCUT2D eigenvalue weighted by Gasteiger charge is -2.26. The second-order valence-electron chi connectivity index (χ2n) is 11.2. The Morgan fingerprint density at radius 2 is 1.06 bits per heavy atom. The predicted molar refractivity (Wildman–Crippen MR) is 189 cm³/mol. The molecular weight excluding hydrogens is 678 g/mol. The number of anilines is 1. The van der Waals surface area contributed by atoms with Crippen LogP contribution in [0.25, 0.3) is 0 Å². The highest BCUT2D eigenvalue weighted by atomic mass is 16.6. The lowest BCUT2D eigenvalue weighted by molar-refractivity contribution is -0.143. The van der Waals surface area contributed by atoms with Crippen LogP contribution >= 0.6 is 0 Å². The second kappa shape index (κ2) is 26.4. The number of carbonyl (C=O) groups excluding carboxylic acids is 3. The van der Waals surface area contributed by atoms with Crippen molar-refractivity contribution in [2.75, 3.05) is 110 Å². The summed E-state index contributed by atoms with van der Waals surface area (Å²) in [5, 5.41) is 13.8. The average molecular weight is 728 g/mol. The summed E-state index contributed by atoms with van der Waals surface area (Å²) in [5.74, 6) is 4.49. The predicted octanol–water partition coefficient (Wildman–Crippen LogP) is 1.15. The summed E-state index contributed by atoms with van der Waals surface area (Å²) in [6, 6.07) is 15.3. The first-order chi connectivity index (χ1) is 25.4. The molecule has 0 unspecified atom stereocenters. The minimum atomic E-state index is -1.13. The summed E-state index contributed by atoms with van der Waals surface area (Å²) >= 11 is 0.